The lowest BCUT2D eigenvalue weighted by Gasteiger charge is -2.20. The van der Waals surface area contributed by atoms with E-state index in [0.717, 1.165) is 30.8 Å². The van der Waals surface area contributed by atoms with Crippen LogP contribution in [0.1, 0.15) is 37.8 Å². The normalized spacial score (nSPS) is 11.1. The fourth-order valence-corrected chi connectivity index (χ4v) is 2.15. The van der Waals surface area contributed by atoms with Crippen LogP contribution < -0.4 is 11.1 Å². The second kappa shape index (κ2) is 8.22. The minimum atomic E-state index is 0.454. The zero-order valence-corrected chi connectivity index (χ0v) is 13.9. The zero-order valence-electron chi connectivity index (χ0n) is 13.1. The Hall–Kier alpha value is -1.13. The molecule has 0 atom stereocenters. The number of nitrogens with two attached hydrogens (primary N) is 1. The molecule has 0 radical (unpaired) electrons. The maximum absolute atomic E-state index is 5.77. The summed E-state index contributed by atoms with van der Waals surface area (Å²) in [5, 5.41) is 3.44. The van der Waals surface area contributed by atoms with Crippen molar-refractivity contribution in [1.82, 2.24) is 4.90 Å². The molecule has 0 aliphatic carbocycles. The standard InChI is InChI=1S/C16H27N3S/c1-12(2)19(4)10-6-5-9-18-15-8-7-13(3)11-14(15)16(17)20/h7-8,11-12,18H,5-6,9-10H2,1-4H3,(H2,17,20). The van der Waals surface area contributed by atoms with Crippen molar-refractivity contribution in [3.05, 3.63) is 29.3 Å². The number of anilines is 1. The molecule has 3 nitrogen and oxygen atoms in total. The van der Waals surface area contributed by atoms with E-state index in [-0.39, 0.29) is 0 Å². The largest absolute Gasteiger partial charge is 0.389 e. The molecule has 0 amide bonds. The minimum Gasteiger partial charge on any atom is -0.389 e. The van der Waals surface area contributed by atoms with Crippen LogP contribution in [0.25, 0.3) is 0 Å². The smallest absolute Gasteiger partial charge is 0.106 e. The molecule has 0 saturated heterocycles. The van der Waals surface area contributed by atoms with Crippen LogP contribution in [0, 0.1) is 6.92 Å². The third-order valence-corrected chi connectivity index (χ3v) is 3.80. The molecular weight excluding hydrogens is 266 g/mol. The maximum Gasteiger partial charge on any atom is 0.106 e. The molecule has 1 aromatic carbocycles. The van der Waals surface area contributed by atoms with Gasteiger partial charge in [-0.15, -0.1) is 0 Å². The van der Waals surface area contributed by atoms with E-state index in [2.05, 4.69) is 43.2 Å². The van der Waals surface area contributed by atoms with Crippen LogP contribution in [0.2, 0.25) is 0 Å². The van der Waals surface area contributed by atoms with Gasteiger partial charge in [-0.25, -0.2) is 0 Å². The predicted octanol–water partition coefficient (Wildman–Crippen LogP) is 3.16. The van der Waals surface area contributed by atoms with Gasteiger partial charge >= 0.3 is 0 Å². The lowest BCUT2D eigenvalue weighted by molar-refractivity contribution is 0.269. The minimum absolute atomic E-state index is 0.454. The fourth-order valence-electron chi connectivity index (χ4n) is 1.98. The first-order chi connectivity index (χ1) is 9.41. The molecule has 0 saturated carbocycles. The molecular formula is C16H27N3S. The van der Waals surface area contributed by atoms with E-state index in [0.29, 0.717) is 11.0 Å². The highest BCUT2D eigenvalue weighted by Crippen LogP contribution is 2.17. The van der Waals surface area contributed by atoms with E-state index in [1.54, 1.807) is 0 Å². The van der Waals surface area contributed by atoms with Crippen LogP contribution in [-0.2, 0) is 0 Å². The number of nitrogens with one attached hydrogen (secondary N) is 1. The Labute approximate surface area is 128 Å². The van der Waals surface area contributed by atoms with Gasteiger partial charge in [-0.2, -0.15) is 0 Å². The van der Waals surface area contributed by atoms with Crippen molar-refractivity contribution in [1.29, 1.82) is 0 Å². The number of thiocarbonyl (C=S) groups is 1. The molecule has 0 fully saturated rings. The second-order valence-corrected chi connectivity index (χ2v) is 6.06. The van der Waals surface area contributed by atoms with Crippen molar-refractivity contribution in [3.8, 4) is 0 Å². The number of hydrogen-bond donors (Lipinski definition) is 2. The highest BCUT2D eigenvalue weighted by atomic mass is 32.1. The Morgan fingerprint density at radius 2 is 2.05 bits per heavy atom. The van der Waals surface area contributed by atoms with Gasteiger partial charge in [-0.05, 0) is 59.3 Å². The van der Waals surface area contributed by atoms with E-state index in [1.165, 1.54) is 12.0 Å². The molecule has 0 spiro atoms. The summed E-state index contributed by atoms with van der Waals surface area (Å²) in [5.41, 5.74) is 8.94. The lowest BCUT2D eigenvalue weighted by atomic mass is 10.1. The monoisotopic (exact) mass is 293 g/mol. The Bertz CT molecular complexity index is 443. The first-order valence-corrected chi connectivity index (χ1v) is 7.67. The summed E-state index contributed by atoms with van der Waals surface area (Å²) < 4.78 is 0. The van der Waals surface area contributed by atoms with Gasteiger partial charge in [-0.1, -0.05) is 23.8 Å². The third kappa shape index (κ3) is 5.47. The molecule has 3 N–H and O–H groups in total. The Morgan fingerprint density at radius 3 is 2.65 bits per heavy atom. The fraction of sp³-hybridized carbons (Fsp3) is 0.562. The Kier molecular flexibility index (Phi) is 6.96. The average molecular weight is 293 g/mol. The van der Waals surface area contributed by atoms with Crippen LogP contribution in [0.4, 0.5) is 5.69 Å². The quantitative estimate of drug-likeness (QED) is 0.570. The molecule has 0 aliphatic rings. The van der Waals surface area contributed by atoms with Gasteiger partial charge < -0.3 is 16.0 Å². The summed E-state index contributed by atoms with van der Waals surface area (Å²) in [6, 6.07) is 6.79. The highest BCUT2D eigenvalue weighted by Gasteiger charge is 2.05. The summed E-state index contributed by atoms with van der Waals surface area (Å²) in [4.78, 5) is 2.82. The van der Waals surface area contributed by atoms with Crippen LogP contribution >= 0.6 is 12.2 Å². The third-order valence-electron chi connectivity index (χ3n) is 3.58. The predicted molar refractivity (Wildman–Crippen MR) is 92.6 cm³/mol. The molecule has 1 rings (SSSR count). The molecule has 4 heteroatoms. The molecule has 112 valence electrons. The van der Waals surface area contributed by atoms with Gasteiger partial charge in [0.1, 0.15) is 4.99 Å². The first-order valence-electron chi connectivity index (χ1n) is 7.26. The topological polar surface area (TPSA) is 41.3 Å². The van der Waals surface area contributed by atoms with Gasteiger partial charge in [0, 0.05) is 23.8 Å². The molecule has 1 aromatic rings. The molecule has 0 unspecified atom stereocenters. The SMILES string of the molecule is Cc1ccc(NCCCCN(C)C(C)C)c(C(N)=S)c1. The summed E-state index contributed by atoms with van der Waals surface area (Å²) in [7, 11) is 2.17. The van der Waals surface area contributed by atoms with E-state index < -0.39 is 0 Å². The Morgan fingerprint density at radius 1 is 1.35 bits per heavy atom. The number of benzene rings is 1. The zero-order chi connectivity index (χ0) is 15.1. The number of nitrogens with zero attached hydrogens (tertiary/aromatic N) is 1. The second-order valence-electron chi connectivity index (χ2n) is 5.62. The summed E-state index contributed by atoms with van der Waals surface area (Å²) >= 11 is 5.10. The van der Waals surface area contributed by atoms with Crippen LogP contribution in [0.15, 0.2) is 18.2 Å². The summed E-state index contributed by atoms with van der Waals surface area (Å²) in [6.07, 6.45) is 2.33. The van der Waals surface area contributed by atoms with Gasteiger partial charge in [0.25, 0.3) is 0 Å². The van der Waals surface area contributed by atoms with Gasteiger partial charge in [0.2, 0.25) is 0 Å². The van der Waals surface area contributed by atoms with Gasteiger partial charge in [-0.3, -0.25) is 0 Å². The average Bonchev–Trinajstić information content (AvgIpc) is 2.39. The van der Waals surface area contributed by atoms with Crippen molar-refractivity contribution in [2.24, 2.45) is 5.73 Å². The molecule has 0 bridgehead atoms. The number of unbranched alkanes of at least 4 members (excludes halogenated alkanes) is 1. The number of aryl methyl sites for hydroxylation is 1. The molecule has 0 aromatic heterocycles. The van der Waals surface area contributed by atoms with E-state index >= 15 is 0 Å². The number of rotatable bonds is 8. The molecule has 0 aliphatic heterocycles. The van der Waals surface area contributed by atoms with Crippen molar-refractivity contribution in [2.75, 3.05) is 25.5 Å². The van der Waals surface area contributed by atoms with Crippen molar-refractivity contribution in [3.63, 3.8) is 0 Å². The maximum atomic E-state index is 5.77. The van der Waals surface area contributed by atoms with Gasteiger partial charge in [0.05, 0.1) is 0 Å². The van der Waals surface area contributed by atoms with Crippen molar-refractivity contribution in [2.45, 2.75) is 39.7 Å². The molecule has 20 heavy (non-hydrogen) atoms. The van der Waals surface area contributed by atoms with Crippen molar-refractivity contribution >= 4 is 22.9 Å². The van der Waals surface area contributed by atoms with Crippen LogP contribution in [0.3, 0.4) is 0 Å². The molecule has 0 heterocycles. The van der Waals surface area contributed by atoms with E-state index in [9.17, 15) is 0 Å². The van der Waals surface area contributed by atoms with Crippen molar-refractivity contribution < 1.29 is 0 Å². The first kappa shape index (κ1) is 16.9. The summed E-state index contributed by atoms with van der Waals surface area (Å²) in [5.74, 6) is 0. The van der Waals surface area contributed by atoms with Crippen LogP contribution in [0.5, 0.6) is 0 Å². The highest BCUT2D eigenvalue weighted by molar-refractivity contribution is 7.80. The number of hydrogen-bond acceptors (Lipinski definition) is 3. The van der Waals surface area contributed by atoms with E-state index in [1.807, 2.05) is 13.0 Å². The van der Waals surface area contributed by atoms with Crippen LogP contribution in [-0.4, -0.2) is 36.1 Å². The summed E-state index contributed by atoms with van der Waals surface area (Å²) in [6.45, 7) is 8.57. The lowest BCUT2D eigenvalue weighted by Crippen LogP contribution is -2.27. The Balaban J connectivity index is 2.41. The van der Waals surface area contributed by atoms with E-state index in [4.69, 9.17) is 18.0 Å². The van der Waals surface area contributed by atoms with Gasteiger partial charge in [0.15, 0.2) is 0 Å².